The van der Waals surface area contributed by atoms with E-state index in [1.807, 2.05) is 12.1 Å². The summed E-state index contributed by atoms with van der Waals surface area (Å²) in [5, 5.41) is 0. The van der Waals surface area contributed by atoms with E-state index in [9.17, 15) is 0 Å². The maximum absolute atomic E-state index is 6.09. The summed E-state index contributed by atoms with van der Waals surface area (Å²) in [5.74, 6) is 1.80. The molecule has 2 nitrogen and oxygen atoms in total. The monoisotopic (exact) mass is 300 g/mol. The average Bonchev–Trinajstić information content (AvgIpc) is 2.80. The number of hydrogen-bond acceptors (Lipinski definition) is 2. The molecule has 0 spiro atoms. The van der Waals surface area contributed by atoms with Gasteiger partial charge in [-0.2, -0.15) is 0 Å². The van der Waals surface area contributed by atoms with Gasteiger partial charge in [0.25, 0.3) is 0 Å². The Morgan fingerprint density at radius 3 is 2.23 bits per heavy atom. The number of anilines is 1. The van der Waals surface area contributed by atoms with Gasteiger partial charge in [0.05, 0.1) is 0 Å². The molecule has 1 saturated heterocycles. The zero-order chi connectivity index (χ0) is 15.2. The third kappa shape index (κ3) is 4.49. The molecule has 0 atom stereocenters. The quantitative estimate of drug-likeness (QED) is 0.655. The number of nitrogens with zero attached hydrogens (tertiary/aromatic N) is 1. The van der Waals surface area contributed by atoms with Gasteiger partial charge in [0.1, 0.15) is 0 Å². The molecular formula is C20H32N2. The molecule has 0 unspecified atom stereocenters. The molecule has 1 aliphatic heterocycles. The van der Waals surface area contributed by atoms with Gasteiger partial charge in [0.15, 0.2) is 0 Å². The second-order valence-corrected chi connectivity index (χ2v) is 7.50. The minimum atomic E-state index is 0.829. The summed E-state index contributed by atoms with van der Waals surface area (Å²) in [4.78, 5) is 2.74. The summed E-state index contributed by atoms with van der Waals surface area (Å²) in [5.41, 5.74) is 8.42. The first-order valence-corrected chi connectivity index (χ1v) is 9.37. The molecule has 122 valence electrons. The molecule has 0 radical (unpaired) electrons. The van der Waals surface area contributed by atoms with Crippen LogP contribution in [0, 0.1) is 11.8 Å². The van der Waals surface area contributed by atoms with Gasteiger partial charge in [-0.3, -0.25) is 0 Å². The van der Waals surface area contributed by atoms with Gasteiger partial charge in [0.2, 0.25) is 0 Å². The minimum Gasteiger partial charge on any atom is -0.399 e. The third-order valence-corrected chi connectivity index (χ3v) is 5.76. The lowest BCUT2D eigenvalue weighted by molar-refractivity contribution is 0.154. The minimum absolute atomic E-state index is 0.829. The first kappa shape index (κ1) is 15.9. The lowest BCUT2D eigenvalue weighted by Crippen LogP contribution is -2.37. The molecule has 3 rings (SSSR count). The maximum atomic E-state index is 6.09. The van der Waals surface area contributed by atoms with Gasteiger partial charge in [-0.05, 0) is 68.7 Å². The summed E-state index contributed by atoms with van der Waals surface area (Å²) in [7, 11) is 0. The normalized spacial score (nSPS) is 22.5. The van der Waals surface area contributed by atoms with Crippen LogP contribution in [0.2, 0.25) is 0 Å². The topological polar surface area (TPSA) is 29.3 Å². The van der Waals surface area contributed by atoms with Gasteiger partial charge >= 0.3 is 0 Å². The van der Waals surface area contributed by atoms with Crippen molar-refractivity contribution in [1.29, 1.82) is 0 Å². The molecule has 2 N–H and O–H groups in total. The first-order chi connectivity index (χ1) is 10.8. The van der Waals surface area contributed by atoms with Crippen molar-refractivity contribution in [3.8, 4) is 0 Å². The highest BCUT2D eigenvalue weighted by molar-refractivity contribution is 5.46. The maximum Gasteiger partial charge on any atom is 0.0346 e. The van der Waals surface area contributed by atoms with Crippen molar-refractivity contribution in [3.63, 3.8) is 0 Å². The first-order valence-electron chi connectivity index (χ1n) is 9.37. The van der Waals surface area contributed by atoms with Crippen LogP contribution in [0.3, 0.4) is 0 Å². The smallest absolute Gasteiger partial charge is 0.0346 e. The Bertz CT molecular complexity index is 441. The highest BCUT2D eigenvalue weighted by atomic mass is 15.1. The van der Waals surface area contributed by atoms with Crippen LogP contribution >= 0.6 is 0 Å². The van der Waals surface area contributed by atoms with Gasteiger partial charge in [-0.1, -0.05) is 43.9 Å². The molecule has 2 fully saturated rings. The predicted molar refractivity (Wildman–Crippen MR) is 94.9 cm³/mol. The number of hydrogen-bond donors (Lipinski definition) is 1. The van der Waals surface area contributed by atoms with Crippen LogP contribution in [-0.2, 0) is 6.42 Å². The molecule has 1 aromatic rings. The highest BCUT2D eigenvalue weighted by Crippen LogP contribution is 2.27. The van der Waals surface area contributed by atoms with Gasteiger partial charge in [-0.15, -0.1) is 0 Å². The summed E-state index contributed by atoms with van der Waals surface area (Å²) >= 11 is 0. The zero-order valence-electron chi connectivity index (χ0n) is 14.0. The van der Waals surface area contributed by atoms with Crippen molar-refractivity contribution >= 4 is 5.69 Å². The van der Waals surface area contributed by atoms with E-state index < -0.39 is 0 Å². The number of para-hydroxylation sites is 1. The molecule has 0 amide bonds. The van der Waals surface area contributed by atoms with E-state index in [1.165, 1.54) is 83.0 Å². The number of piperidine rings is 1. The lowest BCUT2D eigenvalue weighted by atomic mass is 9.89. The molecule has 2 heteroatoms. The van der Waals surface area contributed by atoms with E-state index in [2.05, 4.69) is 17.0 Å². The second-order valence-electron chi connectivity index (χ2n) is 7.50. The van der Waals surface area contributed by atoms with E-state index in [4.69, 9.17) is 5.73 Å². The van der Waals surface area contributed by atoms with Gasteiger partial charge in [0, 0.05) is 12.2 Å². The summed E-state index contributed by atoms with van der Waals surface area (Å²) in [6.45, 7) is 3.96. The fourth-order valence-corrected chi connectivity index (χ4v) is 4.32. The van der Waals surface area contributed by atoms with E-state index in [1.54, 1.807) is 0 Å². The largest absolute Gasteiger partial charge is 0.399 e. The number of nitrogens with two attached hydrogens (primary N) is 1. The fourth-order valence-electron chi connectivity index (χ4n) is 4.32. The second kappa shape index (κ2) is 8.01. The van der Waals surface area contributed by atoms with Crippen LogP contribution in [0.15, 0.2) is 24.3 Å². The SMILES string of the molecule is Nc1ccccc1CC1CCN(CC2CCCCCC2)CC1. The van der Waals surface area contributed by atoms with Crippen LogP contribution in [0.5, 0.6) is 0 Å². The van der Waals surface area contributed by atoms with Gasteiger partial charge in [-0.25, -0.2) is 0 Å². The molecule has 1 aromatic carbocycles. The summed E-state index contributed by atoms with van der Waals surface area (Å²) < 4.78 is 0. The summed E-state index contributed by atoms with van der Waals surface area (Å²) in [6.07, 6.45) is 12.7. The van der Waals surface area contributed by atoms with Crippen molar-refractivity contribution in [2.75, 3.05) is 25.4 Å². The molecule has 22 heavy (non-hydrogen) atoms. The average molecular weight is 300 g/mol. The highest BCUT2D eigenvalue weighted by Gasteiger charge is 2.22. The van der Waals surface area contributed by atoms with Crippen molar-refractivity contribution < 1.29 is 0 Å². The Balaban J connectivity index is 1.43. The Morgan fingerprint density at radius 2 is 1.55 bits per heavy atom. The molecule has 0 aromatic heterocycles. The summed E-state index contributed by atoms with van der Waals surface area (Å²) in [6, 6.07) is 8.39. The van der Waals surface area contributed by atoms with E-state index in [0.717, 1.165) is 17.5 Å². The van der Waals surface area contributed by atoms with Crippen LogP contribution in [-0.4, -0.2) is 24.5 Å². The standard InChI is InChI=1S/C20H32N2/c21-20-10-6-5-9-19(20)15-17-11-13-22(14-12-17)16-18-7-3-1-2-4-8-18/h5-6,9-10,17-18H,1-4,7-8,11-16,21H2. The van der Waals surface area contributed by atoms with Crippen molar-refractivity contribution in [2.24, 2.45) is 11.8 Å². The number of rotatable bonds is 4. The van der Waals surface area contributed by atoms with Crippen LogP contribution < -0.4 is 5.73 Å². The van der Waals surface area contributed by atoms with E-state index in [0.29, 0.717) is 0 Å². The number of nitrogen functional groups attached to an aromatic ring is 1. The van der Waals surface area contributed by atoms with Crippen molar-refractivity contribution in [1.82, 2.24) is 4.90 Å². The van der Waals surface area contributed by atoms with Crippen LogP contribution in [0.4, 0.5) is 5.69 Å². The Kier molecular flexibility index (Phi) is 5.77. The molecular weight excluding hydrogens is 268 g/mol. The molecule has 1 heterocycles. The molecule has 0 bridgehead atoms. The van der Waals surface area contributed by atoms with Crippen molar-refractivity contribution in [2.45, 2.75) is 57.8 Å². The van der Waals surface area contributed by atoms with Crippen LogP contribution in [0.1, 0.15) is 56.9 Å². The lowest BCUT2D eigenvalue weighted by Gasteiger charge is -2.34. The molecule has 2 aliphatic rings. The number of likely N-dealkylation sites (tertiary alicyclic amines) is 1. The van der Waals surface area contributed by atoms with Crippen LogP contribution in [0.25, 0.3) is 0 Å². The van der Waals surface area contributed by atoms with Crippen molar-refractivity contribution in [3.05, 3.63) is 29.8 Å². The Morgan fingerprint density at radius 1 is 0.864 bits per heavy atom. The zero-order valence-corrected chi connectivity index (χ0v) is 14.0. The van der Waals surface area contributed by atoms with E-state index >= 15 is 0 Å². The van der Waals surface area contributed by atoms with Gasteiger partial charge < -0.3 is 10.6 Å². The fraction of sp³-hybridized carbons (Fsp3) is 0.700. The van der Waals surface area contributed by atoms with E-state index in [-0.39, 0.29) is 0 Å². The third-order valence-electron chi connectivity index (χ3n) is 5.76. The Hall–Kier alpha value is -1.02. The number of benzene rings is 1. The molecule has 1 saturated carbocycles. The Labute approximate surface area is 136 Å². The predicted octanol–water partition coefficient (Wildman–Crippen LogP) is 4.49. The molecule has 1 aliphatic carbocycles.